The molecule has 6 heteroatoms. The monoisotopic (exact) mass is 228 g/mol. The minimum Gasteiger partial charge on any atom is -0.377 e. The Morgan fingerprint density at radius 3 is 2.94 bits per heavy atom. The number of nitrogens with zero attached hydrogens (tertiary/aromatic N) is 2. The SMILES string of the molecule is CCOC(C)CNc1nc(NC)ncc1F. The van der Waals surface area contributed by atoms with Crippen LogP contribution in [0, 0.1) is 5.82 Å². The summed E-state index contributed by atoms with van der Waals surface area (Å²) in [5.41, 5.74) is 0. The van der Waals surface area contributed by atoms with Gasteiger partial charge in [-0.1, -0.05) is 0 Å². The minimum absolute atomic E-state index is 0.0115. The molecule has 16 heavy (non-hydrogen) atoms. The lowest BCUT2D eigenvalue weighted by atomic mass is 10.4. The molecule has 1 aromatic rings. The third-order valence-corrected chi connectivity index (χ3v) is 1.98. The van der Waals surface area contributed by atoms with Crippen LogP contribution in [-0.2, 0) is 4.74 Å². The molecule has 90 valence electrons. The van der Waals surface area contributed by atoms with Gasteiger partial charge in [0, 0.05) is 20.2 Å². The predicted molar refractivity (Wildman–Crippen MR) is 61.1 cm³/mol. The van der Waals surface area contributed by atoms with Gasteiger partial charge in [-0.3, -0.25) is 0 Å². The Morgan fingerprint density at radius 1 is 1.56 bits per heavy atom. The summed E-state index contributed by atoms with van der Waals surface area (Å²) in [6.07, 6.45) is 1.14. The van der Waals surface area contributed by atoms with Gasteiger partial charge in [0.05, 0.1) is 12.3 Å². The summed E-state index contributed by atoms with van der Waals surface area (Å²) in [4.78, 5) is 7.71. The van der Waals surface area contributed by atoms with Crippen LogP contribution < -0.4 is 10.6 Å². The molecular weight excluding hydrogens is 211 g/mol. The van der Waals surface area contributed by atoms with Gasteiger partial charge in [0.1, 0.15) is 0 Å². The fraction of sp³-hybridized carbons (Fsp3) is 0.600. The third-order valence-electron chi connectivity index (χ3n) is 1.98. The highest BCUT2D eigenvalue weighted by Crippen LogP contribution is 2.11. The van der Waals surface area contributed by atoms with Crippen molar-refractivity contribution in [3.8, 4) is 0 Å². The first-order valence-corrected chi connectivity index (χ1v) is 5.23. The highest BCUT2D eigenvalue weighted by atomic mass is 19.1. The Morgan fingerprint density at radius 2 is 2.31 bits per heavy atom. The molecule has 1 aromatic heterocycles. The maximum atomic E-state index is 13.3. The van der Waals surface area contributed by atoms with Gasteiger partial charge in [0.15, 0.2) is 11.6 Å². The lowest BCUT2D eigenvalue weighted by molar-refractivity contribution is 0.0854. The molecule has 0 bridgehead atoms. The van der Waals surface area contributed by atoms with E-state index in [4.69, 9.17) is 4.74 Å². The highest BCUT2D eigenvalue weighted by Gasteiger charge is 2.07. The van der Waals surface area contributed by atoms with Crippen LogP contribution >= 0.6 is 0 Å². The molecule has 1 heterocycles. The van der Waals surface area contributed by atoms with E-state index in [1.165, 1.54) is 0 Å². The van der Waals surface area contributed by atoms with Gasteiger partial charge in [-0.2, -0.15) is 4.98 Å². The van der Waals surface area contributed by atoms with Crippen molar-refractivity contribution in [2.45, 2.75) is 20.0 Å². The molecule has 0 aliphatic rings. The third kappa shape index (κ3) is 3.62. The van der Waals surface area contributed by atoms with Crippen LogP contribution in [0.25, 0.3) is 0 Å². The molecule has 0 saturated carbocycles. The van der Waals surface area contributed by atoms with E-state index in [1.54, 1.807) is 7.05 Å². The Balaban J connectivity index is 2.58. The first kappa shape index (κ1) is 12.6. The molecule has 2 N–H and O–H groups in total. The quantitative estimate of drug-likeness (QED) is 0.772. The van der Waals surface area contributed by atoms with E-state index in [0.717, 1.165) is 6.20 Å². The summed E-state index contributed by atoms with van der Waals surface area (Å²) in [6, 6.07) is 0. The summed E-state index contributed by atoms with van der Waals surface area (Å²) in [7, 11) is 1.68. The van der Waals surface area contributed by atoms with Crippen LogP contribution in [0.15, 0.2) is 6.20 Å². The molecule has 1 unspecified atom stereocenters. The van der Waals surface area contributed by atoms with Crippen LogP contribution in [0.2, 0.25) is 0 Å². The fourth-order valence-corrected chi connectivity index (χ4v) is 1.20. The summed E-state index contributed by atoms with van der Waals surface area (Å²) < 4.78 is 18.6. The number of hydrogen-bond donors (Lipinski definition) is 2. The molecule has 0 aliphatic heterocycles. The molecule has 1 atom stereocenters. The second kappa shape index (κ2) is 6.22. The lowest BCUT2D eigenvalue weighted by Gasteiger charge is -2.13. The molecule has 0 amide bonds. The van der Waals surface area contributed by atoms with Gasteiger partial charge in [-0.05, 0) is 13.8 Å². The van der Waals surface area contributed by atoms with Crippen LogP contribution in [0.3, 0.4) is 0 Å². The number of aromatic nitrogens is 2. The van der Waals surface area contributed by atoms with Gasteiger partial charge in [-0.15, -0.1) is 0 Å². The van der Waals surface area contributed by atoms with E-state index >= 15 is 0 Å². The van der Waals surface area contributed by atoms with E-state index in [1.807, 2.05) is 13.8 Å². The van der Waals surface area contributed by atoms with Crippen molar-refractivity contribution < 1.29 is 9.13 Å². The number of rotatable bonds is 6. The number of ether oxygens (including phenoxy) is 1. The molecule has 0 aromatic carbocycles. The zero-order valence-corrected chi connectivity index (χ0v) is 9.75. The van der Waals surface area contributed by atoms with Gasteiger partial charge in [0.2, 0.25) is 5.95 Å². The summed E-state index contributed by atoms with van der Waals surface area (Å²) in [5, 5.41) is 5.63. The molecule has 0 aliphatic carbocycles. The molecule has 5 nitrogen and oxygen atoms in total. The zero-order valence-electron chi connectivity index (χ0n) is 9.75. The van der Waals surface area contributed by atoms with Crippen molar-refractivity contribution in [2.24, 2.45) is 0 Å². The summed E-state index contributed by atoms with van der Waals surface area (Å²) in [5.74, 6) is 0.0987. The zero-order chi connectivity index (χ0) is 12.0. The topological polar surface area (TPSA) is 59.1 Å². The van der Waals surface area contributed by atoms with E-state index in [0.29, 0.717) is 19.1 Å². The van der Waals surface area contributed by atoms with Gasteiger partial charge >= 0.3 is 0 Å². The fourth-order valence-electron chi connectivity index (χ4n) is 1.20. The smallest absolute Gasteiger partial charge is 0.224 e. The number of nitrogens with one attached hydrogen (secondary N) is 2. The van der Waals surface area contributed by atoms with Crippen molar-refractivity contribution in [1.29, 1.82) is 0 Å². The standard InChI is InChI=1S/C10H17FN4O/c1-4-16-7(2)5-13-9-8(11)6-14-10(12-3)15-9/h6-7H,4-5H2,1-3H3,(H2,12,13,14,15). The molecule has 1 rings (SSSR count). The summed E-state index contributed by atoms with van der Waals surface area (Å²) in [6.45, 7) is 4.97. The second-order valence-electron chi connectivity index (χ2n) is 3.29. The number of halogens is 1. The second-order valence-corrected chi connectivity index (χ2v) is 3.29. The molecule has 0 fully saturated rings. The molecule has 0 saturated heterocycles. The van der Waals surface area contributed by atoms with Crippen molar-refractivity contribution in [1.82, 2.24) is 9.97 Å². The van der Waals surface area contributed by atoms with E-state index < -0.39 is 5.82 Å². The van der Waals surface area contributed by atoms with Gasteiger partial charge < -0.3 is 15.4 Å². The molecule has 0 radical (unpaired) electrons. The van der Waals surface area contributed by atoms with Crippen molar-refractivity contribution >= 4 is 11.8 Å². The Labute approximate surface area is 94.4 Å². The molecule has 0 spiro atoms. The van der Waals surface area contributed by atoms with Gasteiger partial charge in [-0.25, -0.2) is 9.37 Å². The maximum absolute atomic E-state index is 13.3. The first-order chi connectivity index (χ1) is 7.67. The Bertz CT molecular complexity index is 335. The van der Waals surface area contributed by atoms with Crippen LogP contribution in [0.4, 0.5) is 16.2 Å². The number of anilines is 2. The van der Waals surface area contributed by atoms with Crippen molar-refractivity contribution in [3.05, 3.63) is 12.0 Å². The Hall–Kier alpha value is -1.43. The summed E-state index contributed by atoms with van der Waals surface area (Å²) >= 11 is 0. The average molecular weight is 228 g/mol. The highest BCUT2D eigenvalue weighted by molar-refractivity contribution is 5.40. The largest absolute Gasteiger partial charge is 0.377 e. The van der Waals surface area contributed by atoms with Crippen molar-refractivity contribution in [3.63, 3.8) is 0 Å². The van der Waals surface area contributed by atoms with E-state index in [-0.39, 0.29) is 11.9 Å². The van der Waals surface area contributed by atoms with E-state index in [2.05, 4.69) is 20.6 Å². The predicted octanol–water partition coefficient (Wildman–Crippen LogP) is 1.49. The maximum Gasteiger partial charge on any atom is 0.224 e. The van der Waals surface area contributed by atoms with Crippen LogP contribution in [0.5, 0.6) is 0 Å². The molecular formula is C10H17FN4O. The van der Waals surface area contributed by atoms with E-state index in [9.17, 15) is 4.39 Å². The van der Waals surface area contributed by atoms with Crippen LogP contribution in [-0.4, -0.2) is 36.3 Å². The van der Waals surface area contributed by atoms with Crippen LogP contribution in [0.1, 0.15) is 13.8 Å². The van der Waals surface area contributed by atoms with Crippen molar-refractivity contribution in [2.75, 3.05) is 30.8 Å². The van der Waals surface area contributed by atoms with Gasteiger partial charge in [0.25, 0.3) is 0 Å². The lowest BCUT2D eigenvalue weighted by Crippen LogP contribution is -2.21. The minimum atomic E-state index is -0.470. The average Bonchev–Trinajstić information content (AvgIpc) is 2.28. The number of hydrogen-bond acceptors (Lipinski definition) is 5. The Kier molecular flexibility index (Phi) is 4.91. The normalized spacial score (nSPS) is 12.2. The first-order valence-electron chi connectivity index (χ1n) is 5.23.